The zero-order valence-corrected chi connectivity index (χ0v) is 12.5. The lowest BCUT2D eigenvalue weighted by atomic mass is 10.1. The molecule has 3 rings (SSSR count). The van der Waals surface area contributed by atoms with Crippen molar-refractivity contribution in [2.24, 2.45) is 0 Å². The van der Waals surface area contributed by atoms with E-state index in [4.69, 9.17) is 0 Å². The zero-order valence-electron chi connectivity index (χ0n) is 12.5. The summed E-state index contributed by atoms with van der Waals surface area (Å²) in [5, 5.41) is 12.5. The van der Waals surface area contributed by atoms with Crippen LogP contribution in [0.3, 0.4) is 0 Å². The average Bonchev–Trinajstić information content (AvgIpc) is 3.21. The van der Waals surface area contributed by atoms with Crippen molar-refractivity contribution >= 4 is 11.6 Å². The number of aromatic nitrogens is 5. The molecule has 0 aliphatic carbocycles. The van der Waals surface area contributed by atoms with Crippen molar-refractivity contribution in [3.8, 4) is 0 Å². The Hall–Kier alpha value is -3.09. The Labute approximate surface area is 132 Å². The molecule has 0 aliphatic rings. The number of nitrogens with one attached hydrogen (secondary N) is 2. The van der Waals surface area contributed by atoms with Gasteiger partial charge < -0.3 is 4.98 Å². The maximum atomic E-state index is 11.9. The summed E-state index contributed by atoms with van der Waals surface area (Å²) in [6, 6.07) is 12.0. The fourth-order valence-corrected chi connectivity index (χ4v) is 2.26. The van der Waals surface area contributed by atoms with E-state index < -0.39 is 11.6 Å². The first kappa shape index (κ1) is 14.8. The predicted molar refractivity (Wildman–Crippen MR) is 82.0 cm³/mol. The highest BCUT2D eigenvalue weighted by Gasteiger charge is 2.21. The molecule has 0 bridgehead atoms. The quantitative estimate of drug-likeness (QED) is 0.529. The van der Waals surface area contributed by atoms with Crippen molar-refractivity contribution in [1.82, 2.24) is 25.6 Å². The number of hydrogen-bond acceptors (Lipinski definition) is 5. The number of carbonyl (C=O) groups is 2. The van der Waals surface area contributed by atoms with Gasteiger partial charge in [-0.3, -0.25) is 9.59 Å². The van der Waals surface area contributed by atoms with Gasteiger partial charge in [0.1, 0.15) is 0 Å². The second-order valence-electron chi connectivity index (χ2n) is 5.34. The Bertz CT molecular complexity index is 819. The van der Waals surface area contributed by atoms with Crippen LogP contribution in [0.15, 0.2) is 36.4 Å². The Kier molecular flexibility index (Phi) is 4.09. The number of carbonyl (C=O) groups excluding carboxylic acids is 2. The van der Waals surface area contributed by atoms with E-state index in [0.717, 1.165) is 12.1 Å². The van der Waals surface area contributed by atoms with E-state index in [2.05, 4.69) is 49.9 Å². The molecular weight excluding hydrogens is 294 g/mol. The topological polar surface area (TPSA) is 104 Å². The normalized spacial score (nSPS) is 10.7. The Morgan fingerprint density at radius 1 is 1.04 bits per heavy atom. The number of benzene rings is 1. The molecule has 0 unspecified atom stereocenters. The molecule has 2 N–H and O–H groups in total. The summed E-state index contributed by atoms with van der Waals surface area (Å²) in [7, 11) is 0. The lowest BCUT2D eigenvalue weighted by Gasteiger charge is -2.00. The van der Waals surface area contributed by atoms with Gasteiger partial charge in [-0.25, -0.2) is 0 Å². The molecule has 3 aromatic rings. The van der Waals surface area contributed by atoms with Gasteiger partial charge in [0.25, 0.3) is 5.78 Å². The highest BCUT2D eigenvalue weighted by atomic mass is 16.2. The van der Waals surface area contributed by atoms with Gasteiger partial charge in [-0.15, -0.1) is 10.2 Å². The molecule has 0 aliphatic heterocycles. The third-order valence-corrected chi connectivity index (χ3v) is 3.47. The Morgan fingerprint density at radius 2 is 1.78 bits per heavy atom. The number of nitrogens with zero attached hydrogens (tertiary/aromatic N) is 3. The van der Waals surface area contributed by atoms with Crippen molar-refractivity contribution in [2.75, 3.05) is 0 Å². The summed E-state index contributed by atoms with van der Waals surface area (Å²) in [6.45, 7) is 2.04. The second-order valence-corrected chi connectivity index (χ2v) is 5.34. The van der Waals surface area contributed by atoms with Crippen LogP contribution in [0.2, 0.25) is 0 Å². The molecule has 0 saturated heterocycles. The lowest BCUT2D eigenvalue weighted by molar-refractivity contribution is -0.114. The number of hydrogen-bond donors (Lipinski definition) is 2. The summed E-state index contributed by atoms with van der Waals surface area (Å²) >= 11 is 0. The minimum Gasteiger partial charge on any atom is -0.362 e. The number of Topliss-reactive ketones (excluding diaryl/α,β-unsaturated/α-hetero) is 2. The van der Waals surface area contributed by atoms with Crippen molar-refractivity contribution in [3.63, 3.8) is 0 Å². The third-order valence-electron chi connectivity index (χ3n) is 3.47. The zero-order chi connectivity index (χ0) is 16.2. The fourth-order valence-electron chi connectivity index (χ4n) is 2.26. The van der Waals surface area contributed by atoms with Crippen molar-refractivity contribution in [3.05, 3.63) is 64.7 Å². The van der Waals surface area contributed by atoms with E-state index >= 15 is 0 Å². The summed E-state index contributed by atoms with van der Waals surface area (Å²) < 4.78 is 0. The van der Waals surface area contributed by atoms with Crippen LogP contribution in [0.25, 0.3) is 0 Å². The van der Waals surface area contributed by atoms with Crippen LogP contribution in [0.5, 0.6) is 0 Å². The standard InChI is InChI=1S/C16H15N5O2/c1-10-2-4-11(5-3-10)8-12-6-7-13(17-12)9-14(22)15(23)16-18-20-21-19-16/h2-7,17H,8-9H2,1H3,(H,18,19,20,21). The molecule has 0 saturated carbocycles. The SMILES string of the molecule is Cc1ccc(Cc2ccc(CC(=O)C(=O)c3nn[nH]n3)[nH]2)cc1. The minimum atomic E-state index is -0.742. The van der Waals surface area contributed by atoms with E-state index in [1.54, 1.807) is 0 Å². The van der Waals surface area contributed by atoms with E-state index in [0.29, 0.717) is 5.69 Å². The van der Waals surface area contributed by atoms with Crippen LogP contribution in [-0.4, -0.2) is 37.2 Å². The summed E-state index contributed by atoms with van der Waals surface area (Å²) in [4.78, 5) is 26.9. The van der Waals surface area contributed by atoms with Crippen LogP contribution in [0, 0.1) is 6.92 Å². The predicted octanol–water partition coefficient (Wildman–Crippen LogP) is 1.42. The number of rotatable bonds is 6. The van der Waals surface area contributed by atoms with Gasteiger partial charge in [0.2, 0.25) is 11.6 Å². The van der Waals surface area contributed by atoms with Crippen LogP contribution < -0.4 is 0 Å². The molecule has 0 fully saturated rings. The van der Waals surface area contributed by atoms with Crippen molar-refractivity contribution in [1.29, 1.82) is 0 Å². The van der Waals surface area contributed by atoms with Crippen molar-refractivity contribution in [2.45, 2.75) is 19.8 Å². The lowest BCUT2D eigenvalue weighted by Crippen LogP contribution is -2.18. The average molecular weight is 309 g/mol. The molecule has 0 amide bonds. The first-order chi connectivity index (χ1) is 11.1. The molecule has 2 aromatic heterocycles. The summed E-state index contributed by atoms with van der Waals surface area (Å²) in [6.07, 6.45) is 0.731. The van der Waals surface area contributed by atoms with E-state index in [9.17, 15) is 9.59 Å². The molecular formula is C16H15N5O2. The van der Waals surface area contributed by atoms with Gasteiger partial charge in [0.05, 0.1) is 6.42 Å². The number of ketones is 2. The Morgan fingerprint density at radius 3 is 2.48 bits per heavy atom. The maximum Gasteiger partial charge on any atom is 0.269 e. The number of aryl methyl sites for hydroxylation is 1. The highest BCUT2D eigenvalue weighted by molar-refractivity contribution is 6.42. The number of tetrazole rings is 1. The van der Waals surface area contributed by atoms with Crippen LogP contribution >= 0.6 is 0 Å². The van der Waals surface area contributed by atoms with Gasteiger partial charge in [0, 0.05) is 17.8 Å². The molecule has 0 spiro atoms. The van der Waals surface area contributed by atoms with E-state index in [-0.39, 0.29) is 12.2 Å². The van der Waals surface area contributed by atoms with E-state index in [1.807, 2.05) is 19.1 Å². The molecule has 116 valence electrons. The summed E-state index contributed by atoms with van der Waals surface area (Å²) in [5.41, 5.74) is 4.07. The number of aromatic amines is 2. The molecule has 1 aromatic carbocycles. The molecule has 7 nitrogen and oxygen atoms in total. The fraction of sp³-hybridized carbons (Fsp3) is 0.188. The second kappa shape index (κ2) is 6.35. The van der Waals surface area contributed by atoms with Crippen LogP contribution in [-0.2, 0) is 17.6 Å². The molecule has 23 heavy (non-hydrogen) atoms. The molecule has 7 heteroatoms. The smallest absolute Gasteiger partial charge is 0.269 e. The molecule has 0 radical (unpaired) electrons. The van der Waals surface area contributed by atoms with Crippen LogP contribution in [0.4, 0.5) is 0 Å². The van der Waals surface area contributed by atoms with Gasteiger partial charge >= 0.3 is 0 Å². The summed E-state index contributed by atoms with van der Waals surface area (Å²) in [5.74, 6) is -1.52. The first-order valence-corrected chi connectivity index (χ1v) is 7.15. The van der Waals surface area contributed by atoms with Crippen LogP contribution in [0.1, 0.15) is 33.1 Å². The minimum absolute atomic E-state index is 0.0126. The molecule has 2 heterocycles. The highest BCUT2D eigenvalue weighted by Crippen LogP contribution is 2.11. The molecule has 0 atom stereocenters. The van der Waals surface area contributed by atoms with Gasteiger partial charge in [-0.1, -0.05) is 29.8 Å². The maximum absolute atomic E-state index is 11.9. The van der Waals surface area contributed by atoms with E-state index in [1.165, 1.54) is 11.1 Å². The van der Waals surface area contributed by atoms with Gasteiger partial charge in [-0.2, -0.15) is 5.21 Å². The number of H-pyrrole nitrogens is 2. The monoisotopic (exact) mass is 309 g/mol. The largest absolute Gasteiger partial charge is 0.362 e. The Balaban J connectivity index is 1.64. The first-order valence-electron chi connectivity index (χ1n) is 7.15. The van der Waals surface area contributed by atoms with Gasteiger partial charge in [0.15, 0.2) is 0 Å². The van der Waals surface area contributed by atoms with Crippen molar-refractivity contribution < 1.29 is 9.59 Å². The van der Waals surface area contributed by atoms with Gasteiger partial charge in [-0.05, 0) is 29.8 Å². The third kappa shape index (κ3) is 3.57.